The van der Waals surface area contributed by atoms with Crippen LogP contribution in [0.3, 0.4) is 0 Å². The van der Waals surface area contributed by atoms with E-state index in [0.717, 1.165) is 28.9 Å². The molecule has 1 aliphatic rings. The Morgan fingerprint density at radius 1 is 0.964 bits per heavy atom. The summed E-state index contributed by atoms with van der Waals surface area (Å²) in [6.45, 7) is 2.25. The van der Waals surface area contributed by atoms with Crippen molar-refractivity contribution in [3.63, 3.8) is 0 Å². The molecule has 2 aromatic carbocycles. The number of benzene rings is 2. The van der Waals surface area contributed by atoms with Gasteiger partial charge in [-0.15, -0.1) is 0 Å². The Hall–Kier alpha value is -3.12. The maximum Gasteiger partial charge on any atom is 0.267 e. The van der Waals surface area contributed by atoms with Crippen molar-refractivity contribution in [2.24, 2.45) is 0 Å². The van der Waals surface area contributed by atoms with Crippen molar-refractivity contribution in [2.75, 3.05) is 20.3 Å². The van der Waals surface area contributed by atoms with Gasteiger partial charge in [-0.3, -0.25) is 4.79 Å². The summed E-state index contributed by atoms with van der Waals surface area (Å²) in [6, 6.07) is 17.0. The van der Waals surface area contributed by atoms with Crippen LogP contribution in [0.4, 0.5) is 0 Å². The van der Waals surface area contributed by atoms with Crippen molar-refractivity contribution in [3.8, 4) is 22.8 Å². The highest BCUT2D eigenvalue weighted by molar-refractivity contribution is 5.63. The molecule has 4 rings (SSSR count). The highest BCUT2D eigenvalue weighted by atomic mass is 16.5. The predicted molar refractivity (Wildman–Crippen MR) is 106 cm³/mol. The lowest BCUT2D eigenvalue weighted by Crippen LogP contribution is -2.22. The molecular weight excluding hydrogens is 356 g/mol. The zero-order chi connectivity index (χ0) is 19.3. The van der Waals surface area contributed by atoms with Crippen LogP contribution in [0, 0.1) is 0 Å². The molecule has 0 saturated carbocycles. The van der Waals surface area contributed by atoms with E-state index in [4.69, 9.17) is 14.2 Å². The molecule has 0 radical (unpaired) electrons. The summed E-state index contributed by atoms with van der Waals surface area (Å²) in [7, 11) is 1.67. The zero-order valence-electron chi connectivity index (χ0n) is 15.8. The van der Waals surface area contributed by atoms with Crippen LogP contribution in [0.15, 0.2) is 59.4 Å². The monoisotopic (exact) mass is 378 g/mol. The molecule has 0 saturated heterocycles. The van der Waals surface area contributed by atoms with E-state index in [-0.39, 0.29) is 5.56 Å². The Balaban J connectivity index is 1.60. The molecule has 1 aliphatic heterocycles. The Bertz CT molecular complexity index is 1010. The van der Waals surface area contributed by atoms with Crippen molar-refractivity contribution < 1.29 is 14.2 Å². The first-order valence-electron chi connectivity index (χ1n) is 9.28. The maximum absolute atomic E-state index is 12.3. The van der Waals surface area contributed by atoms with Gasteiger partial charge in [-0.25, -0.2) is 4.68 Å². The molecule has 6 heteroatoms. The largest absolute Gasteiger partial charge is 0.490 e. The molecule has 0 amide bonds. The lowest BCUT2D eigenvalue weighted by molar-refractivity contribution is 0.185. The van der Waals surface area contributed by atoms with E-state index in [1.807, 2.05) is 42.5 Å². The van der Waals surface area contributed by atoms with E-state index in [2.05, 4.69) is 5.10 Å². The maximum atomic E-state index is 12.3. The van der Waals surface area contributed by atoms with Crippen molar-refractivity contribution in [2.45, 2.75) is 19.6 Å². The number of nitrogens with zero attached hydrogens (tertiary/aromatic N) is 2. The minimum Gasteiger partial charge on any atom is -0.490 e. The topological polar surface area (TPSA) is 62.6 Å². The number of methoxy groups -OCH3 is 1. The van der Waals surface area contributed by atoms with E-state index in [1.165, 1.54) is 4.68 Å². The molecule has 0 unspecified atom stereocenters. The van der Waals surface area contributed by atoms with Gasteiger partial charge < -0.3 is 14.2 Å². The lowest BCUT2D eigenvalue weighted by atomic mass is 10.1. The molecule has 0 fully saturated rings. The fraction of sp³-hybridized carbons (Fsp3) is 0.273. The van der Waals surface area contributed by atoms with Gasteiger partial charge in [-0.2, -0.15) is 5.10 Å². The van der Waals surface area contributed by atoms with E-state index in [0.29, 0.717) is 37.8 Å². The van der Waals surface area contributed by atoms with Crippen molar-refractivity contribution in [1.29, 1.82) is 0 Å². The van der Waals surface area contributed by atoms with Crippen LogP contribution >= 0.6 is 0 Å². The normalized spacial score (nSPS) is 13.2. The van der Waals surface area contributed by atoms with Gasteiger partial charge in [0.2, 0.25) is 0 Å². The second kappa shape index (κ2) is 8.27. The summed E-state index contributed by atoms with van der Waals surface area (Å²) in [4.78, 5) is 12.3. The van der Waals surface area contributed by atoms with Crippen LogP contribution in [0.2, 0.25) is 0 Å². The Morgan fingerprint density at radius 2 is 1.71 bits per heavy atom. The predicted octanol–water partition coefficient (Wildman–Crippen LogP) is 3.27. The molecule has 0 bridgehead atoms. The second-order valence-electron chi connectivity index (χ2n) is 6.68. The van der Waals surface area contributed by atoms with Gasteiger partial charge >= 0.3 is 0 Å². The third-order valence-corrected chi connectivity index (χ3v) is 4.58. The molecule has 0 atom stereocenters. The Labute approximate surface area is 163 Å². The molecule has 0 spiro atoms. The first kappa shape index (κ1) is 18.3. The molecular formula is C22H22N2O4. The lowest BCUT2D eigenvalue weighted by Gasteiger charge is -2.11. The summed E-state index contributed by atoms with van der Waals surface area (Å²) in [6.07, 6.45) is 0.857. The number of hydrogen-bond donors (Lipinski definition) is 0. The number of rotatable bonds is 5. The first-order chi connectivity index (χ1) is 13.7. The van der Waals surface area contributed by atoms with E-state index in [1.54, 1.807) is 19.2 Å². The van der Waals surface area contributed by atoms with E-state index < -0.39 is 0 Å². The van der Waals surface area contributed by atoms with Crippen molar-refractivity contribution >= 4 is 0 Å². The first-order valence-corrected chi connectivity index (χ1v) is 9.28. The Morgan fingerprint density at radius 3 is 2.50 bits per heavy atom. The third-order valence-electron chi connectivity index (χ3n) is 4.58. The number of aromatic nitrogens is 2. The molecule has 0 aliphatic carbocycles. The molecule has 144 valence electrons. The fourth-order valence-corrected chi connectivity index (χ4v) is 3.12. The summed E-state index contributed by atoms with van der Waals surface area (Å²) in [5.41, 5.74) is 3.55. The van der Waals surface area contributed by atoms with E-state index in [9.17, 15) is 4.79 Å². The SMILES string of the molecule is COCc1ccc(Cn2nc(-c3ccc4c(c3)OCCCO4)ccc2=O)cc1. The average Bonchev–Trinajstić information content (AvgIpc) is 2.96. The zero-order valence-corrected chi connectivity index (χ0v) is 15.8. The second-order valence-corrected chi connectivity index (χ2v) is 6.68. The van der Waals surface area contributed by atoms with Gasteiger partial charge in [-0.1, -0.05) is 24.3 Å². The average molecular weight is 378 g/mol. The minimum atomic E-state index is -0.140. The van der Waals surface area contributed by atoms with Gasteiger partial charge in [0.15, 0.2) is 11.5 Å². The summed E-state index contributed by atoms with van der Waals surface area (Å²) in [5.74, 6) is 1.45. The van der Waals surface area contributed by atoms with Crippen LogP contribution < -0.4 is 15.0 Å². The number of fused-ring (bicyclic) bond motifs is 1. The summed E-state index contributed by atoms with van der Waals surface area (Å²) >= 11 is 0. The van der Waals surface area contributed by atoms with Gasteiger partial charge in [0.25, 0.3) is 5.56 Å². The summed E-state index contributed by atoms with van der Waals surface area (Å²) < 4.78 is 18.0. The van der Waals surface area contributed by atoms with Gasteiger partial charge in [0, 0.05) is 25.2 Å². The van der Waals surface area contributed by atoms with Gasteiger partial charge in [0.1, 0.15) is 0 Å². The minimum absolute atomic E-state index is 0.140. The molecule has 2 heterocycles. The third kappa shape index (κ3) is 4.07. The summed E-state index contributed by atoms with van der Waals surface area (Å²) in [5, 5.41) is 4.55. The van der Waals surface area contributed by atoms with Crippen molar-refractivity contribution in [3.05, 3.63) is 76.1 Å². The molecule has 3 aromatic rings. The molecule has 1 aromatic heterocycles. The van der Waals surface area contributed by atoms with Gasteiger partial charge in [0.05, 0.1) is 32.1 Å². The van der Waals surface area contributed by atoms with Crippen LogP contribution in [0.25, 0.3) is 11.3 Å². The van der Waals surface area contributed by atoms with Crippen LogP contribution in [-0.2, 0) is 17.9 Å². The number of hydrogen-bond acceptors (Lipinski definition) is 5. The van der Waals surface area contributed by atoms with Crippen LogP contribution in [-0.4, -0.2) is 30.1 Å². The van der Waals surface area contributed by atoms with Crippen LogP contribution in [0.1, 0.15) is 17.5 Å². The van der Waals surface area contributed by atoms with Crippen molar-refractivity contribution in [1.82, 2.24) is 9.78 Å². The van der Waals surface area contributed by atoms with Crippen LogP contribution in [0.5, 0.6) is 11.5 Å². The van der Waals surface area contributed by atoms with E-state index >= 15 is 0 Å². The fourth-order valence-electron chi connectivity index (χ4n) is 3.12. The van der Waals surface area contributed by atoms with Gasteiger partial charge in [-0.05, 0) is 35.4 Å². The highest BCUT2D eigenvalue weighted by Gasteiger charge is 2.13. The molecule has 0 N–H and O–H groups in total. The Kier molecular flexibility index (Phi) is 5.39. The number of ether oxygens (including phenoxy) is 3. The molecule has 28 heavy (non-hydrogen) atoms. The standard InChI is InChI=1S/C22H22N2O4/c1-26-15-17-5-3-16(4-6-17)14-24-22(25)10-8-19(23-24)18-7-9-20-21(13-18)28-12-2-11-27-20/h3-10,13H,2,11-12,14-15H2,1H3. The quantitative estimate of drug-likeness (QED) is 0.682. The highest BCUT2D eigenvalue weighted by Crippen LogP contribution is 2.33. The molecule has 6 nitrogen and oxygen atoms in total. The smallest absolute Gasteiger partial charge is 0.267 e.